The average molecular weight is 296 g/mol. The van der Waals surface area contributed by atoms with Gasteiger partial charge in [0, 0.05) is 35.9 Å². The molecule has 2 rings (SSSR count). The second-order valence-corrected chi connectivity index (χ2v) is 6.04. The Bertz CT molecular complexity index is 584. The summed E-state index contributed by atoms with van der Waals surface area (Å²) < 4.78 is 11.0. The van der Waals surface area contributed by atoms with E-state index >= 15 is 0 Å². The average Bonchev–Trinajstić information content (AvgIpc) is 2.89. The zero-order valence-electron chi connectivity index (χ0n) is 11.8. The van der Waals surface area contributed by atoms with Crippen molar-refractivity contribution in [2.75, 3.05) is 35.7 Å². The Labute approximate surface area is 120 Å². The molecule has 110 valence electrons. The van der Waals surface area contributed by atoms with Gasteiger partial charge >= 0.3 is 0 Å². The van der Waals surface area contributed by atoms with Crippen LogP contribution in [0.5, 0.6) is 0 Å². The third-order valence-corrected chi connectivity index (χ3v) is 3.58. The summed E-state index contributed by atoms with van der Waals surface area (Å²) in [7, 11) is -0.757. The third-order valence-electron chi connectivity index (χ3n) is 2.72. The van der Waals surface area contributed by atoms with Gasteiger partial charge in [0.15, 0.2) is 11.5 Å². The molecule has 3 N–H and O–H groups in total. The van der Waals surface area contributed by atoms with E-state index in [-0.39, 0.29) is 0 Å². The lowest BCUT2D eigenvalue weighted by Gasteiger charge is -2.08. The van der Waals surface area contributed by atoms with E-state index in [0.717, 1.165) is 37.3 Å². The van der Waals surface area contributed by atoms with Gasteiger partial charge < -0.3 is 15.6 Å². The summed E-state index contributed by atoms with van der Waals surface area (Å²) in [5.41, 5.74) is 1.44. The first-order chi connectivity index (χ1) is 9.70. The fraction of sp³-hybridized carbons (Fsp3) is 0.583. The van der Waals surface area contributed by atoms with Crippen LogP contribution in [-0.2, 0) is 10.8 Å². The van der Waals surface area contributed by atoms with Crippen molar-refractivity contribution in [1.82, 2.24) is 19.9 Å². The summed E-state index contributed by atoms with van der Waals surface area (Å²) in [6.07, 6.45) is 5.16. The predicted molar refractivity (Wildman–Crippen MR) is 82.5 cm³/mol. The molecule has 0 aliphatic carbocycles. The first-order valence-corrected chi connectivity index (χ1v) is 8.42. The van der Waals surface area contributed by atoms with Crippen LogP contribution < -0.4 is 10.6 Å². The molecular weight excluding hydrogens is 276 g/mol. The number of H-pyrrole nitrogens is 1. The van der Waals surface area contributed by atoms with Crippen molar-refractivity contribution in [1.29, 1.82) is 0 Å². The molecular formula is C12H20N6OS. The molecule has 0 amide bonds. The fourth-order valence-electron chi connectivity index (χ4n) is 1.76. The summed E-state index contributed by atoms with van der Waals surface area (Å²) in [5, 5.41) is 6.41. The van der Waals surface area contributed by atoms with Gasteiger partial charge in [0.2, 0.25) is 5.95 Å². The Morgan fingerprint density at radius 1 is 1.30 bits per heavy atom. The zero-order valence-corrected chi connectivity index (χ0v) is 12.6. The van der Waals surface area contributed by atoms with Crippen LogP contribution in [0, 0.1) is 0 Å². The van der Waals surface area contributed by atoms with E-state index in [1.54, 1.807) is 12.6 Å². The van der Waals surface area contributed by atoms with Gasteiger partial charge in [-0.1, -0.05) is 6.92 Å². The van der Waals surface area contributed by atoms with Crippen LogP contribution in [0.25, 0.3) is 11.2 Å². The lowest BCUT2D eigenvalue weighted by atomic mass is 10.4. The lowest BCUT2D eigenvalue weighted by molar-refractivity contribution is 0.685. The van der Waals surface area contributed by atoms with Crippen molar-refractivity contribution in [3.8, 4) is 0 Å². The van der Waals surface area contributed by atoms with Crippen LogP contribution >= 0.6 is 0 Å². The molecule has 0 fully saturated rings. The number of nitrogens with one attached hydrogen (secondary N) is 3. The minimum atomic E-state index is -0.757. The molecule has 1 atom stereocenters. The van der Waals surface area contributed by atoms with Crippen LogP contribution in [0.1, 0.15) is 19.8 Å². The van der Waals surface area contributed by atoms with Gasteiger partial charge in [0.1, 0.15) is 5.52 Å². The largest absolute Gasteiger partial charge is 0.368 e. The molecule has 0 spiro atoms. The fourth-order valence-corrected chi connectivity index (χ4v) is 2.31. The summed E-state index contributed by atoms with van der Waals surface area (Å²) in [6, 6.07) is 0. The Morgan fingerprint density at radius 3 is 2.90 bits per heavy atom. The molecule has 0 bridgehead atoms. The number of rotatable bonds is 8. The lowest BCUT2D eigenvalue weighted by Crippen LogP contribution is -2.10. The second kappa shape index (κ2) is 7.18. The van der Waals surface area contributed by atoms with E-state index in [1.165, 1.54) is 0 Å². The van der Waals surface area contributed by atoms with E-state index in [0.29, 0.717) is 17.3 Å². The number of hydrogen-bond acceptors (Lipinski definition) is 6. The van der Waals surface area contributed by atoms with Gasteiger partial charge in [0.05, 0.1) is 6.33 Å². The molecule has 2 heterocycles. The molecule has 8 heteroatoms. The molecule has 0 saturated heterocycles. The number of fused-ring (bicyclic) bond motifs is 1. The van der Waals surface area contributed by atoms with Crippen molar-refractivity contribution in [3.05, 3.63) is 6.33 Å². The normalized spacial score (nSPS) is 12.5. The van der Waals surface area contributed by atoms with E-state index in [1.807, 2.05) is 0 Å². The molecule has 0 aliphatic rings. The van der Waals surface area contributed by atoms with Crippen LogP contribution in [0.2, 0.25) is 0 Å². The predicted octanol–water partition coefficient (Wildman–Crippen LogP) is 1.36. The first-order valence-electron chi connectivity index (χ1n) is 6.69. The monoisotopic (exact) mass is 296 g/mol. The summed E-state index contributed by atoms with van der Waals surface area (Å²) >= 11 is 0. The number of anilines is 2. The van der Waals surface area contributed by atoms with Crippen LogP contribution in [0.3, 0.4) is 0 Å². The molecule has 7 nitrogen and oxygen atoms in total. The first kappa shape index (κ1) is 14.7. The smallest absolute Gasteiger partial charge is 0.226 e. The maximum atomic E-state index is 11.0. The quantitative estimate of drug-likeness (QED) is 0.637. The molecule has 0 radical (unpaired) electrons. The van der Waals surface area contributed by atoms with Crippen LogP contribution in [0.15, 0.2) is 6.33 Å². The van der Waals surface area contributed by atoms with E-state index in [9.17, 15) is 4.21 Å². The van der Waals surface area contributed by atoms with Crippen molar-refractivity contribution in [3.63, 3.8) is 0 Å². The summed E-state index contributed by atoms with van der Waals surface area (Å²) in [5.74, 6) is 1.99. The highest BCUT2D eigenvalue weighted by Gasteiger charge is 2.09. The van der Waals surface area contributed by atoms with E-state index in [2.05, 4.69) is 37.5 Å². The van der Waals surface area contributed by atoms with Crippen molar-refractivity contribution < 1.29 is 4.21 Å². The summed E-state index contributed by atoms with van der Waals surface area (Å²) in [6.45, 7) is 3.63. The highest BCUT2D eigenvalue weighted by atomic mass is 32.2. The SMILES string of the molecule is CCCNc1nc(NCCCS(C)=O)c2[nH]cnc2n1. The molecule has 2 aromatic heterocycles. The number of aromatic amines is 1. The van der Waals surface area contributed by atoms with Gasteiger partial charge in [-0.05, 0) is 12.8 Å². The van der Waals surface area contributed by atoms with Gasteiger partial charge in [-0.3, -0.25) is 4.21 Å². The number of imidazole rings is 1. The Hall–Kier alpha value is -1.70. The van der Waals surface area contributed by atoms with Crippen molar-refractivity contribution >= 4 is 33.7 Å². The van der Waals surface area contributed by atoms with Crippen molar-refractivity contribution in [2.24, 2.45) is 0 Å². The molecule has 20 heavy (non-hydrogen) atoms. The maximum absolute atomic E-state index is 11.0. The van der Waals surface area contributed by atoms with Crippen LogP contribution in [0.4, 0.5) is 11.8 Å². The van der Waals surface area contributed by atoms with Gasteiger partial charge in [0.25, 0.3) is 0 Å². The number of hydrogen-bond donors (Lipinski definition) is 3. The summed E-state index contributed by atoms with van der Waals surface area (Å²) in [4.78, 5) is 16.0. The Kier molecular flexibility index (Phi) is 5.28. The minimum Gasteiger partial charge on any atom is -0.368 e. The van der Waals surface area contributed by atoms with Crippen molar-refractivity contribution in [2.45, 2.75) is 19.8 Å². The molecule has 1 unspecified atom stereocenters. The Balaban J connectivity index is 2.08. The number of nitrogens with zero attached hydrogens (tertiary/aromatic N) is 3. The van der Waals surface area contributed by atoms with Crippen LogP contribution in [-0.4, -0.2) is 49.2 Å². The molecule has 0 aliphatic heterocycles. The molecule has 0 aromatic carbocycles. The van der Waals surface area contributed by atoms with E-state index in [4.69, 9.17) is 0 Å². The number of aromatic nitrogens is 4. The minimum absolute atomic E-state index is 0.577. The highest BCUT2D eigenvalue weighted by molar-refractivity contribution is 7.84. The second-order valence-electron chi connectivity index (χ2n) is 4.48. The molecule has 0 saturated carbocycles. The van der Waals surface area contributed by atoms with E-state index < -0.39 is 10.8 Å². The van der Waals surface area contributed by atoms with Gasteiger partial charge in [-0.25, -0.2) is 4.98 Å². The standard InChI is InChI=1S/C12H20N6OS/c1-3-5-14-12-17-10(13-6-4-7-20(2)19)9-11(18-12)16-8-15-9/h8H,3-7H2,1-2H3,(H3,13,14,15,16,17,18). The third kappa shape index (κ3) is 3.89. The topological polar surface area (TPSA) is 95.6 Å². The highest BCUT2D eigenvalue weighted by Crippen LogP contribution is 2.18. The Morgan fingerprint density at radius 2 is 2.15 bits per heavy atom. The van der Waals surface area contributed by atoms with Gasteiger partial charge in [-0.15, -0.1) is 0 Å². The zero-order chi connectivity index (χ0) is 14.4. The molecule has 2 aromatic rings. The van der Waals surface area contributed by atoms with Gasteiger partial charge in [-0.2, -0.15) is 9.97 Å². The maximum Gasteiger partial charge on any atom is 0.226 e.